The monoisotopic (exact) mass is 328 g/mol. The highest BCUT2D eigenvalue weighted by Gasteiger charge is 2.12. The van der Waals surface area contributed by atoms with Crippen LogP contribution in [0.3, 0.4) is 0 Å². The molecule has 2 rings (SSSR count). The molecular weight excluding hydrogens is 300 g/mol. The van der Waals surface area contributed by atoms with Crippen LogP contribution in [-0.2, 0) is 13.0 Å². The van der Waals surface area contributed by atoms with Crippen LogP contribution >= 0.6 is 0 Å². The quantitative estimate of drug-likeness (QED) is 0.712. The van der Waals surface area contributed by atoms with E-state index in [0.717, 1.165) is 37.2 Å². The van der Waals surface area contributed by atoms with Gasteiger partial charge in [0.05, 0.1) is 13.7 Å². The Morgan fingerprint density at radius 3 is 2.54 bits per heavy atom. The fraction of sp³-hybridized carbons (Fsp3) is 0.400. The zero-order valence-electron chi connectivity index (χ0n) is 14.9. The Kier molecular flexibility index (Phi) is 6.94. The van der Waals surface area contributed by atoms with Crippen molar-refractivity contribution in [1.82, 2.24) is 4.90 Å². The van der Waals surface area contributed by atoms with E-state index in [4.69, 9.17) is 15.2 Å². The molecule has 0 fully saturated rings. The van der Waals surface area contributed by atoms with E-state index in [2.05, 4.69) is 36.2 Å². The summed E-state index contributed by atoms with van der Waals surface area (Å²) in [6.07, 6.45) is 1.95. The number of nitrogens with zero attached hydrogens (tertiary/aromatic N) is 1. The van der Waals surface area contributed by atoms with E-state index in [1.54, 1.807) is 7.11 Å². The molecule has 0 aliphatic carbocycles. The largest absolute Gasteiger partial charge is 0.493 e. The highest BCUT2D eigenvalue weighted by molar-refractivity contribution is 5.57. The van der Waals surface area contributed by atoms with Crippen molar-refractivity contribution in [3.63, 3.8) is 0 Å². The number of rotatable bonds is 9. The van der Waals surface area contributed by atoms with Crippen LogP contribution in [-0.4, -0.2) is 32.2 Å². The number of benzene rings is 2. The van der Waals surface area contributed by atoms with E-state index in [1.807, 2.05) is 25.1 Å². The third kappa shape index (κ3) is 5.17. The molecule has 0 heterocycles. The first kappa shape index (κ1) is 18.1. The van der Waals surface area contributed by atoms with Crippen LogP contribution in [0.2, 0.25) is 0 Å². The number of ether oxygens (including phenoxy) is 2. The lowest BCUT2D eigenvalue weighted by molar-refractivity contribution is 0.303. The number of aryl methyl sites for hydroxylation is 1. The van der Waals surface area contributed by atoms with Gasteiger partial charge in [-0.25, -0.2) is 0 Å². The van der Waals surface area contributed by atoms with E-state index in [1.165, 1.54) is 5.56 Å². The average Bonchev–Trinajstić information content (AvgIpc) is 2.57. The standard InChI is InChI=1S/C20H28N2O2/c1-4-24-20-17(13-18(21)14-19(20)23-3)11-8-12-22(2)15-16-9-6-5-7-10-16/h5-7,9-10,13-14H,4,8,11-12,15,21H2,1-3H3. The highest BCUT2D eigenvalue weighted by atomic mass is 16.5. The molecule has 0 bridgehead atoms. The Bertz CT molecular complexity index is 629. The first-order valence-electron chi connectivity index (χ1n) is 8.45. The molecule has 0 aliphatic heterocycles. The number of hydrogen-bond acceptors (Lipinski definition) is 4. The summed E-state index contributed by atoms with van der Waals surface area (Å²) >= 11 is 0. The number of methoxy groups -OCH3 is 1. The van der Waals surface area contributed by atoms with Gasteiger partial charge in [0.15, 0.2) is 11.5 Å². The van der Waals surface area contributed by atoms with E-state index in [-0.39, 0.29) is 0 Å². The van der Waals surface area contributed by atoms with Gasteiger partial charge in [-0.2, -0.15) is 0 Å². The minimum Gasteiger partial charge on any atom is -0.493 e. The second-order valence-electron chi connectivity index (χ2n) is 5.97. The van der Waals surface area contributed by atoms with Gasteiger partial charge in [0.25, 0.3) is 0 Å². The highest BCUT2D eigenvalue weighted by Crippen LogP contribution is 2.34. The maximum absolute atomic E-state index is 5.99. The smallest absolute Gasteiger partial charge is 0.164 e. The lowest BCUT2D eigenvalue weighted by atomic mass is 10.1. The van der Waals surface area contributed by atoms with Crippen molar-refractivity contribution in [2.75, 3.05) is 33.0 Å². The topological polar surface area (TPSA) is 47.7 Å². The second kappa shape index (κ2) is 9.18. The number of nitrogen functional groups attached to an aromatic ring is 1. The maximum atomic E-state index is 5.99. The predicted octanol–water partition coefficient (Wildman–Crippen LogP) is 3.74. The fourth-order valence-corrected chi connectivity index (χ4v) is 2.84. The normalized spacial score (nSPS) is 10.8. The van der Waals surface area contributed by atoms with Crippen molar-refractivity contribution >= 4 is 5.69 Å². The van der Waals surface area contributed by atoms with Crippen LogP contribution < -0.4 is 15.2 Å². The molecule has 0 amide bonds. The molecule has 0 spiro atoms. The minimum absolute atomic E-state index is 0.612. The van der Waals surface area contributed by atoms with Crippen molar-refractivity contribution in [3.8, 4) is 11.5 Å². The van der Waals surface area contributed by atoms with Gasteiger partial charge in [0.2, 0.25) is 0 Å². The summed E-state index contributed by atoms with van der Waals surface area (Å²) in [5.74, 6) is 1.53. The molecule has 130 valence electrons. The molecule has 0 aliphatic rings. The summed E-state index contributed by atoms with van der Waals surface area (Å²) in [4.78, 5) is 2.33. The molecule has 0 aromatic heterocycles. The molecule has 0 saturated heterocycles. The molecule has 2 N–H and O–H groups in total. The van der Waals surface area contributed by atoms with Crippen LogP contribution in [0.15, 0.2) is 42.5 Å². The third-order valence-electron chi connectivity index (χ3n) is 3.94. The molecule has 0 radical (unpaired) electrons. The molecule has 24 heavy (non-hydrogen) atoms. The first-order chi connectivity index (χ1) is 11.6. The number of anilines is 1. The van der Waals surface area contributed by atoms with Crippen molar-refractivity contribution in [2.45, 2.75) is 26.3 Å². The summed E-state index contributed by atoms with van der Waals surface area (Å²) in [6, 6.07) is 14.3. The molecule has 0 atom stereocenters. The van der Waals surface area contributed by atoms with Gasteiger partial charge in [0.1, 0.15) is 0 Å². The first-order valence-corrected chi connectivity index (χ1v) is 8.45. The Hall–Kier alpha value is -2.20. The van der Waals surface area contributed by atoms with Crippen LogP contribution in [0.4, 0.5) is 5.69 Å². The summed E-state index contributed by atoms with van der Waals surface area (Å²) in [5.41, 5.74) is 9.15. The summed E-state index contributed by atoms with van der Waals surface area (Å²) in [5, 5.41) is 0. The Morgan fingerprint density at radius 1 is 1.12 bits per heavy atom. The second-order valence-corrected chi connectivity index (χ2v) is 5.97. The molecule has 4 nitrogen and oxygen atoms in total. The van der Waals surface area contributed by atoms with Crippen molar-refractivity contribution < 1.29 is 9.47 Å². The van der Waals surface area contributed by atoms with E-state index in [9.17, 15) is 0 Å². The molecular formula is C20H28N2O2. The summed E-state index contributed by atoms with van der Waals surface area (Å²) in [6.45, 7) is 4.56. The average molecular weight is 328 g/mol. The number of hydrogen-bond donors (Lipinski definition) is 1. The minimum atomic E-state index is 0.612. The van der Waals surface area contributed by atoms with Crippen molar-refractivity contribution in [2.24, 2.45) is 0 Å². The van der Waals surface area contributed by atoms with Crippen LogP contribution in [0, 0.1) is 0 Å². The van der Waals surface area contributed by atoms with Gasteiger partial charge in [-0.05, 0) is 45.0 Å². The van der Waals surface area contributed by atoms with Gasteiger partial charge in [-0.1, -0.05) is 30.3 Å². The van der Waals surface area contributed by atoms with Crippen molar-refractivity contribution in [1.29, 1.82) is 0 Å². The van der Waals surface area contributed by atoms with Gasteiger partial charge < -0.3 is 20.1 Å². The third-order valence-corrected chi connectivity index (χ3v) is 3.94. The Balaban J connectivity index is 1.94. The fourth-order valence-electron chi connectivity index (χ4n) is 2.84. The lowest BCUT2D eigenvalue weighted by Crippen LogP contribution is -2.19. The predicted molar refractivity (Wildman–Crippen MR) is 99.7 cm³/mol. The van der Waals surface area contributed by atoms with Crippen LogP contribution in [0.1, 0.15) is 24.5 Å². The van der Waals surface area contributed by atoms with Gasteiger partial charge in [-0.3, -0.25) is 0 Å². The lowest BCUT2D eigenvalue weighted by Gasteiger charge is -2.18. The Labute approximate surface area is 145 Å². The van der Waals surface area contributed by atoms with Gasteiger partial charge in [-0.15, -0.1) is 0 Å². The zero-order valence-corrected chi connectivity index (χ0v) is 14.9. The molecule has 0 unspecified atom stereocenters. The van der Waals surface area contributed by atoms with E-state index < -0.39 is 0 Å². The van der Waals surface area contributed by atoms with E-state index in [0.29, 0.717) is 18.0 Å². The SMILES string of the molecule is CCOc1c(CCCN(C)Cc2ccccc2)cc(N)cc1OC. The van der Waals surface area contributed by atoms with Crippen LogP contribution in [0.25, 0.3) is 0 Å². The number of nitrogens with two attached hydrogens (primary N) is 1. The van der Waals surface area contributed by atoms with Crippen molar-refractivity contribution in [3.05, 3.63) is 53.6 Å². The zero-order chi connectivity index (χ0) is 17.4. The molecule has 2 aromatic carbocycles. The molecule has 0 saturated carbocycles. The molecule has 2 aromatic rings. The van der Waals surface area contributed by atoms with E-state index >= 15 is 0 Å². The van der Waals surface area contributed by atoms with Crippen LogP contribution in [0.5, 0.6) is 11.5 Å². The van der Waals surface area contributed by atoms with Gasteiger partial charge >= 0.3 is 0 Å². The Morgan fingerprint density at radius 2 is 1.88 bits per heavy atom. The summed E-state index contributed by atoms with van der Waals surface area (Å²) in [7, 11) is 3.80. The maximum Gasteiger partial charge on any atom is 0.164 e. The molecule has 4 heteroatoms. The summed E-state index contributed by atoms with van der Waals surface area (Å²) < 4.78 is 11.2. The van der Waals surface area contributed by atoms with Gasteiger partial charge in [0, 0.05) is 23.9 Å².